The Morgan fingerprint density at radius 1 is 1.25 bits per heavy atom. The van der Waals surface area contributed by atoms with Crippen molar-refractivity contribution in [3.63, 3.8) is 0 Å². The number of morpholine rings is 1. The number of anilines is 1. The second-order valence-corrected chi connectivity index (χ2v) is 7.37. The van der Waals surface area contributed by atoms with Gasteiger partial charge in [-0.1, -0.05) is 6.07 Å². The number of pyridine rings is 1. The van der Waals surface area contributed by atoms with Crippen LogP contribution >= 0.6 is 0 Å². The van der Waals surface area contributed by atoms with Crippen LogP contribution in [0.3, 0.4) is 0 Å². The van der Waals surface area contributed by atoms with Gasteiger partial charge in [-0.3, -0.25) is 9.67 Å². The van der Waals surface area contributed by atoms with Gasteiger partial charge < -0.3 is 19.9 Å². The Kier molecular flexibility index (Phi) is 5.76. The number of hydrogen-bond acceptors (Lipinski definition) is 5. The summed E-state index contributed by atoms with van der Waals surface area (Å²) >= 11 is 0. The normalized spacial score (nSPS) is 20.6. The summed E-state index contributed by atoms with van der Waals surface area (Å²) in [6, 6.07) is 4.27. The molecule has 8 nitrogen and oxygen atoms in total. The van der Waals surface area contributed by atoms with E-state index in [-0.39, 0.29) is 6.10 Å². The Bertz CT molecular complexity index is 795. The van der Waals surface area contributed by atoms with Crippen molar-refractivity contribution in [3.05, 3.63) is 41.9 Å². The monoisotopic (exact) mass is 383 g/mol. The largest absolute Gasteiger partial charge is 0.370 e. The standard InChI is InChI=1S/C20H29N7O/c1-21-20(27-9-10-28-18(15-27)17-13-24-25(2)14-17)23-12-16-5-6-19(22-11-16)26-7-3-4-8-26/h5-6,11,13-14,18H,3-4,7-10,12,15H2,1-2H3,(H,21,23). The zero-order valence-corrected chi connectivity index (χ0v) is 16.7. The number of nitrogens with zero attached hydrogens (tertiary/aromatic N) is 6. The number of aryl methyl sites for hydroxylation is 1. The fourth-order valence-electron chi connectivity index (χ4n) is 3.82. The Morgan fingerprint density at radius 3 is 2.79 bits per heavy atom. The van der Waals surface area contributed by atoms with Crippen LogP contribution in [-0.4, -0.2) is 65.5 Å². The van der Waals surface area contributed by atoms with Gasteiger partial charge in [-0.25, -0.2) is 4.98 Å². The first kappa shape index (κ1) is 18.7. The van der Waals surface area contributed by atoms with E-state index >= 15 is 0 Å². The number of aromatic nitrogens is 3. The molecule has 0 aliphatic carbocycles. The van der Waals surface area contributed by atoms with E-state index < -0.39 is 0 Å². The minimum absolute atomic E-state index is 0.0161. The number of guanidine groups is 1. The van der Waals surface area contributed by atoms with E-state index in [0.29, 0.717) is 13.2 Å². The lowest BCUT2D eigenvalue weighted by Gasteiger charge is -2.34. The first-order valence-corrected chi connectivity index (χ1v) is 9.98. The molecule has 0 amide bonds. The fourth-order valence-corrected chi connectivity index (χ4v) is 3.82. The van der Waals surface area contributed by atoms with Crippen LogP contribution in [0.4, 0.5) is 5.82 Å². The molecular formula is C20H29N7O. The van der Waals surface area contributed by atoms with Crippen LogP contribution in [0.2, 0.25) is 0 Å². The molecular weight excluding hydrogens is 354 g/mol. The highest BCUT2D eigenvalue weighted by Crippen LogP contribution is 2.22. The summed E-state index contributed by atoms with van der Waals surface area (Å²) in [6.45, 7) is 5.19. The van der Waals surface area contributed by atoms with E-state index in [9.17, 15) is 0 Å². The maximum absolute atomic E-state index is 5.93. The molecule has 2 aromatic heterocycles. The van der Waals surface area contributed by atoms with Crippen molar-refractivity contribution < 1.29 is 4.74 Å². The summed E-state index contributed by atoms with van der Waals surface area (Å²) in [7, 11) is 3.75. The third-order valence-corrected chi connectivity index (χ3v) is 5.36. The Hall–Kier alpha value is -2.61. The van der Waals surface area contributed by atoms with Crippen molar-refractivity contribution in [2.75, 3.05) is 44.7 Å². The van der Waals surface area contributed by atoms with Gasteiger partial charge in [0.15, 0.2) is 5.96 Å². The minimum atomic E-state index is 0.0161. The average Bonchev–Trinajstić information content (AvgIpc) is 3.41. The SMILES string of the molecule is CN=C(NCc1ccc(N2CCCC2)nc1)N1CCOC(c2cnn(C)c2)C1. The van der Waals surface area contributed by atoms with Crippen LogP contribution in [0.1, 0.15) is 30.1 Å². The summed E-state index contributed by atoms with van der Waals surface area (Å²) in [5.74, 6) is 1.97. The zero-order valence-electron chi connectivity index (χ0n) is 16.7. The molecule has 2 aliphatic rings. The molecule has 0 bridgehead atoms. The number of hydrogen-bond donors (Lipinski definition) is 1. The number of aliphatic imine (C=N–C) groups is 1. The fraction of sp³-hybridized carbons (Fsp3) is 0.550. The molecule has 0 aromatic carbocycles. The van der Waals surface area contributed by atoms with E-state index in [2.05, 4.69) is 42.3 Å². The quantitative estimate of drug-likeness (QED) is 0.638. The molecule has 0 radical (unpaired) electrons. The van der Waals surface area contributed by atoms with Crippen molar-refractivity contribution >= 4 is 11.8 Å². The summed E-state index contributed by atoms with van der Waals surface area (Å²) in [4.78, 5) is 13.7. The van der Waals surface area contributed by atoms with Gasteiger partial charge in [0.25, 0.3) is 0 Å². The Labute approximate surface area is 166 Å². The number of rotatable bonds is 4. The summed E-state index contributed by atoms with van der Waals surface area (Å²) in [5, 5.41) is 7.72. The van der Waals surface area contributed by atoms with Crippen molar-refractivity contribution in [3.8, 4) is 0 Å². The predicted octanol–water partition coefficient (Wildman–Crippen LogP) is 1.56. The molecule has 1 atom stereocenters. The molecule has 4 heterocycles. The Balaban J connectivity index is 1.34. The summed E-state index contributed by atoms with van der Waals surface area (Å²) in [6.07, 6.45) is 8.39. The molecule has 8 heteroatoms. The van der Waals surface area contributed by atoms with E-state index in [1.807, 2.05) is 37.4 Å². The molecule has 1 N–H and O–H groups in total. The van der Waals surface area contributed by atoms with Gasteiger partial charge in [0, 0.05) is 58.2 Å². The van der Waals surface area contributed by atoms with Crippen LogP contribution in [0.25, 0.3) is 0 Å². The Morgan fingerprint density at radius 2 is 2.11 bits per heavy atom. The van der Waals surface area contributed by atoms with Crippen LogP contribution in [0, 0.1) is 0 Å². The second kappa shape index (κ2) is 8.60. The molecule has 2 aromatic rings. The molecule has 0 saturated carbocycles. The maximum Gasteiger partial charge on any atom is 0.194 e. The van der Waals surface area contributed by atoms with Crippen molar-refractivity contribution in [2.45, 2.75) is 25.5 Å². The van der Waals surface area contributed by atoms with Gasteiger partial charge in [0.05, 0.1) is 19.3 Å². The van der Waals surface area contributed by atoms with Crippen molar-refractivity contribution in [2.24, 2.45) is 12.0 Å². The van der Waals surface area contributed by atoms with Crippen LogP contribution < -0.4 is 10.2 Å². The number of ether oxygens (including phenoxy) is 1. The maximum atomic E-state index is 5.93. The smallest absolute Gasteiger partial charge is 0.194 e. The molecule has 28 heavy (non-hydrogen) atoms. The highest BCUT2D eigenvalue weighted by molar-refractivity contribution is 5.80. The van der Waals surface area contributed by atoms with Crippen LogP contribution in [0.5, 0.6) is 0 Å². The summed E-state index contributed by atoms with van der Waals surface area (Å²) in [5.41, 5.74) is 2.26. The molecule has 0 spiro atoms. The lowest BCUT2D eigenvalue weighted by atomic mass is 10.1. The third-order valence-electron chi connectivity index (χ3n) is 5.36. The third kappa shape index (κ3) is 4.27. The highest BCUT2D eigenvalue weighted by Gasteiger charge is 2.25. The molecule has 4 rings (SSSR count). The molecule has 2 saturated heterocycles. The van der Waals surface area contributed by atoms with Crippen LogP contribution in [0.15, 0.2) is 35.7 Å². The second-order valence-electron chi connectivity index (χ2n) is 7.37. The van der Waals surface area contributed by atoms with Gasteiger partial charge in [0.1, 0.15) is 11.9 Å². The molecule has 150 valence electrons. The van der Waals surface area contributed by atoms with Gasteiger partial charge in [-0.2, -0.15) is 5.10 Å². The van der Waals surface area contributed by atoms with Gasteiger partial charge in [-0.05, 0) is 24.5 Å². The summed E-state index contributed by atoms with van der Waals surface area (Å²) < 4.78 is 7.74. The van der Waals surface area contributed by atoms with E-state index in [1.54, 1.807) is 0 Å². The lowest BCUT2D eigenvalue weighted by Crippen LogP contribution is -2.47. The zero-order chi connectivity index (χ0) is 19.3. The first-order chi connectivity index (χ1) is 13.7. The highest BCUT2D eigenvalue weighted by atomic mass is 16.5. The molecule has 2 fully saturated rings. The van der Waals surface area contributed by atoms with E-state index in [4.69, 9.17) is 4.74 Å². The molecule has 2 aliphatic heterocycles. The van der Waals surface area contributed by atoms with Gasteiger partial charge in [0.2, 0.25) is 0 Å². The van der Waals surface area contributed by atoms with Gasteiger partial charge in [-0.15, -0.1) is 0 Å². The predicted molar refractivity (Wildman–Crippen MR) is 109 cm³/mol. The van der Waals surface area contributed by atoms with E-state index in [0.717, 1.165) is 49.1 Å². The first-order valence-electron chi connectivity index (χ1n) is 9.98. The van der Waals surface area contributed by atoms with Gasteiger partial charge >= 0.3 is 0 Å². The van der Waals surface area contributed by atoms with Crippen molar-refractivity contribution in [1.82, 2.24) is 25.0 Å². The average molecular weight is 384 g/mol. The van der Waals surface area contributed by atoms with Crippen LogP contribution in [-0.2, 0) is 18.3 Å². The van der Waals surface area contributed by atoms with E-state index in [1.165, 1.54) is 12.8 Å². The van der Waals surface area contributed by atoms with Crippen molar-refractivity contribution in [1.29, 1.82) is 0 Å². The lowest BCUT2D eigenvalue weighted by molar-refractivity contribution is -0.00805. The molecule has 1 unspecified atom stereocenters. The topological polar surface area (TPSA) is 70.8 Å². The minimum Gasteiger partial charge on any atom is -0.370 e. The number of nitrogens with one attached hydrogen (secondary N) is 1.